The predicted octanol–water partition coefficient (Wildman–Crippen LogP) is 3.34. The van der Waals surface area contributed by atoms with Gasteiger partial charge in [-0.05, 0) is 49.7 Å². The van der Waals surface area contributed by atoms with Crippen molar-refractivity contribution in [2.24, 2.45) is 5.73 Å². The Hall–Kier alpha value is -2.00. The lowest BCUT2D eigenvalue weighted by Gasteiger charge is -2.08. The van der Waals surface area contributed by atoms with Crippen molar-refractivity contribution >= 4 is 0 Å². The predicted molar refractivity (Wildman–Crippen MR) is 86.0 cm³/mol. The number of hydrogen-bond acceptors (Lipinski definition) is 3. The normalized spacial score (nSPS) is 10.4. The monoisotopic (exact) mass is 285 g/mol. The zero-order chi connectivity index (χ0) is 14.9. The summed E-state index contributed by atoms with van der Waals surface area (Å²) in [6, 6.07) is 16.2. The van der Waals surface area contributed by atoms with Crippen molar-refractivity contribution in [3.63, 3.8) is 0 Å². The van der Waals surface area contributed by atoms with Crippen molar-refractivity contribution < 1.29 is 9.47 Å². The molecule has 0 heterocycles. The quantitative estimate of drug-likeness (QED) is 0.757. The summed E-state index contributed by atoms with van der Waals surface area (Å²) in [6.45, 7) is 4.06. The lowest BCUT2D eigenvalue weighted by Crippen LogP contribution is -2.05. The van der Waals surface area contributed by atoms with Gasteiger partial charge in [0.2, 0.25) is 0 Å². The third-order valence-electron chi connectivity index (χ3n) is 3.20. The molecule has 2 rings (SSSR count). The maximum atomic E-state index is 5.68. The molecule has 2 aromatic carbocycles. The molecule has 0 aliphatic rings. The van der Waals surface area contributed by atoms with Crippen molar-refractivity contribution in [1.29, 1.82) is 0 Å². The number of ether oxygens (including phenoxy) is 2. The summed E-state index contributed by atoms with van der Waals surface area (Å²) in [6.07, 6.45) is 1.77. The highest BCUT2D eigenvalue weighted by Crippen LogP contribution is 2.14. The summed E-state index contributed by atoms with van der Waals surface area (Å²) in [5.74, 6) is 1.80. The highest BCUT2D eigenvalue weighted by atomic mass is 16.5. The Kier molecular flexibility index (Phi) is 6.10. The molecule has 0 unspecified atom stereocenters. The average Bonchev–Trinajstić information content (AvgIpc) is 2.51. The molecule has 0 atom stereocenters. The highest BCUT2D eigenvalue weighted by Gasteiger charge is 1.97. The summed E-state index contributed by atoms with van der Waals surface area (Å²) < 4.78 is 11.3. The first-order valence-electron chi connectivity index (χ1n) is 7.39. The molecule has 0 spiro atoms. The Balaban J connectivity index is 1.64. The van der Waals surface area contributed by atoms with E-state index in [0.29, 0.717) is 19.8 Å². The van der Waals surface area contributed by atoms with Crippen LogP contribution in [0.4, 0.5) is 0 Å². The van der Waals surface area contributed by atoms with E-state index in [1.165, 1.54) is 11.1 Å². The lowest BCUT2D eigenvalue weighted by molar-refractivity contribution is 0.247. The Labute approximate surface area is 126 Å². The fourth-order valence-corrected chi connectivity index (χ4v) is 1.99. The van der Waals surface area contributed by atoms with E-state index < -0.39 is 0 Å². The fraction of sp³-hybridized carbons (Fsp3) is 0.333. The van der Waals surface area contributed by atoms with Crippen LogP contribution in [0.3, 0.4) is 0 Å². The van der Waals surface area contributed by atoms with Crippen molar-refractivity contribution in [1.82, 2.24) is 0 Å². The van der Waals surface area contributed by atoms with Gasteiger partial charge in [0.05, 0.1) is 13.2 Å². The molecular weight excluding hydrogens is 262 g/mol. The van der Waals surface area contributed by atoms with E-state index >= 15 is 0 Å². The second kappa shape index (κ2) is 8.32. The van der Waals surface area contributed by atoms with Gasteiger partial charge in [0.15, 0.2) is 0 Å². The van der Waals surface area contributed by atoms with Crippen LogP contribution in [0.25, 0.3) is 0 Å². The lowest BCUT2D eigenvalue weighted by atomic mass is 10.1. The molecule has 0 amide bonds. The number of benzene rings is 2. The Bertz CT molecular complexity index is 520. The molecule has 2 N–H and O–H groups in total. The van der Waals surface area contributed by atoms with Crippen LogP contribution in [0.1, 0.15) is 17.5 Å². The molecule has 0 aromatic heterocycles. The van der Waals surface area contributed by atoms with E-state index in [-0.39, 0.29) is 0 Å². The maximum absolute atomic E-state index is 5.68. The first-order valence-corrected chi connectivity index (χ1v) is 7.39. The van der Waals surface area contributed by atoms with Gasteiger partial charge in [-0.25, -0.2) is 0 Å². The molecule has 0 aliphatic carbocycles. The third kappa shape index (κ3) is 5.48. The molecule has 0 aliphatic heterocycles. The van der Waals surface area contributed by atoms with Gasteiger partial charge in [-0.15, -0.1) is 0 Å². The van der Waals surface area contributed by atoms with Crippen molar-refractivity contribution in [3.05, 3.63) is 59.7 Å². The highest BCUT2D eigenvalue weighted by molar-refractivity contribution is 5.27. The first-order chi connectivity index (χ1) is 10.3. The standard InChI is InChI=1S/C18H23NO2/c1-15-3-7-17(8-4-15)20-13-2-14-21-18-9-5-16(6-10-18)11-12-19/h3-10H,2,11-14,19H2,1H3. The Morgan fingerprint density at radius 3 is 1.86 bits per heavy atom. The van der Waals surface area contributed by atoms with Crippen LogP contribution < -0.4 is 15.2 Å². The van der Waals surface area contributed by atoms with Crippen LogP contribution in [0, 0.1) is 6.92 Å². The van der Waals surface area contributed by atoms with Gasteiger partial charge in [0.1, 0.15) is 11.5 Å². The van der Waals surface area contributed by atoms with E-state index in [0.717, 1.165) is 24.3 Å². The van der Waals surface area contributed by atoms with Gasteiger partial charge in [-0.3, -0.25) is 0 Å². The van der Waals surface area contributed by atoms with Gasteiger partial charge in [-0.1, -0.05) is 29.8 Å². The van der Waals surface area contributed by atoms with Gasteiger partial charge in [0, 0.05) is 6.42 Å². The van der Waals surface area contributed by atoms with E-state index in [4.69, 9.17) is 15.2 Å². The Morgan fingerprint density at radius 1 is 0.810 bits per heavy atom. The van der Waals surface area contributed by atoms with E-state index in [2.05, 4.69) is 31.2 Å². The van der Waals surface area contributed by atoms with Crippen molar-refractivity contribution in [2.45, 2.75) is 19.8 Å². The van der Waals surface area contributed by atoms with Gasteiger partial charge >= 0.3 is 0 Å². The Morgan fingerprint density at radius 2 is 1.33 bits per heavy atom. The topological polar surface area (TPSA) is 44.5 Å². The molecule has 0 radical (unpaired) electrons. The summed E-state index contributed by atoms with van der Waals surface area (Å²) in [4.78, 5) is 0. The van der Waals surface area contributed by atoms with Crippen LogP contribution >= 0.6 is 0 Å². The molecule has 112 valence electrons. The second-order valence-electron chi connectivity index (χ2n) is 5.05. The minimum Gasteiger partial charge on any atom is -0.493 e. The minimum atomic E-state index is 0.655. The number of rotatable bonds is 8. The number of nitrogens with two attached hydrogens (primary N) is 1. The fourth-order valence-electron chi connectivity index (χ4n) is 1.99. The van der Waals surface area contributed by atoms with Crippen LogP contribution in [-0.4, -0.2) is 19.8 Å². The SMILES string of the molecule is Cc1ccc(OCCCOc2ccc(CCN)cc2)cc1. The molecule has 3 heteroatoms. The molecule has 21 heavy (non-hydrogen) atoms. The summed E-state index contributed by atoms with van der Waals surface area (Å²) in [5, 5.41) is 0. The molecule has 0 saturated carbocycles. The average molecular weight is 285 g/mol. The van der Waals surface area contributed by atoms with E-state index in [1.54, 1.807) is 0 Å². The molecule has 0 bridgehead atoms. The molecular formula is C18H23NO2. The molecule has 2 aromatic rings. The minimum absolute atomic E-state index is 0.655. The largest absolute Gasteiger partial charge is 0.493 e. The van der Waals surface area contributed by atoms with Crippen LogP contribution in [0.15, 0.2) is 48.5 Å². The van der Waals surface area contributed by atoms with Gasteiger partial charge in [-0.2, -0.15) is 0 Å². The molecule has 0 fully saturated rings. The van der Waals surface area contributed by atoms with Crippen LogP contribution in [0.2, 0.25) is 0 Å². The van der Waals surface area contributed by atoms with Crippen LogP contribution in [-0.2, 0) is 6.42 Å². The second-order valence-corrected chi connectivity index (χ2v) is 5.05. The molecule has 3 nitrogen and oxygen atoms in total. The number of hydrogen-bond donors (Lipinski definition) is 1. The van der Waals surface area contributed by atoms with Crippen molar-refractivity contribution in [3.8, 4) is 11.5 Å². The first kappa shape index (κ1) is 15.4. The van der Waals surface area contributed by atoms with Crippen molar-refractivity contribution in [2.75, 3.05) is 19.8 Å². The van der Waals surface area contributed by atoms with Gasteiger partial charge < -0.3 is 15.2 Å². The summed E-state index contributed by atoms with van der Waals surface area (Å²) in [7, 11) is 0. The van der Waals surface area contributed by atoms with Crippen LogP contribution in [0.5, 0.6) is 11.5 Å². The summed E-state index contributed by atoms with van der Waals surface area (Å²) in [5.41, 5.74) is 8.01. The zero-order valence-electron chi connectivity index (χ0n) is 12.5. The third-order valence-corrected chi connectivity index (χ3v) is 3.20. The smallest absolute Gasteiger partial charge is 0.119 e. The molecule has 0 saturated heterocycles. The summed E-state index contributed by atoms with van der Waals surface area (Å²) >= 11 is 0. The maximum Gasteiger partial charge on any atom is 0.119 e. The van der Waals surface area contributed by atoms with E-state index in [1.807, 2.05) is 24.3 Å². The van der Waals surface area contributed by atoms with Gasteiger partial charge in [0.25, 0.3) is 0 Å². The zero-order valence-corrected chi connectivity index (χ0v) is 12.5. The number of aryl methyl sites for hydroxylation is 1. The van der Waals surface area contributed by atoms with E-state index in [9.17, 15) is 0 Å².